The van der Waals surface area contributed by atoms with Crippen LogP contribution in [0.3, 0.4) is 0 Å². The molecule has 0 amide bonds. The minimum Gasteiger partial charge on any atom is -0.341 e. The molecule has 0 aromatic carbocycles. The van der Waals surface area contributed by atoms with Gasteiger partial charge in [0.25, 0.3) is 0 Å². The van der Waals surface area contributed by atoms with E-state index in [1.165, 1.54) is 0 Å². The second kappa shape index (κ2) is 5.90. The summed E-state index contributed by atoms with van der Waals surface area (Å²) >= 11 is 11.7. The van der Waals surface area contributed by atoms with E-state index < -0.39 is 0 Å². The van der Waals surface area contributed by atoms with Crippen LogP contribution in [0.2, 0.25) is 10.2 Å². The normalized spacial score (nSPS) is 16.2. The van der Waals surface area contributed by atoms with Crippen LogP contribution in [0.1, 0.15) is 18.9 Å². The number of rotatable bonds is 2. The molecule has 1 aliphatic rings. The Bertz CT molecular complexity index is 825. The fraction of sp³-hybridized carbons (Fsp3) is 0.357. The predicted octanol–water partition coefficient (Wildman–Crippen LogP) is 2.76. The maximum atomic E-state index is 5.89. The molecule has 3 aromatic heterocycles. The van der Waals surface area contributed by atoms with Gasteiger partial charge in [-0.25, -0.2) is 19.6 Å². The van der Waals surface area contributed by atoms with Gasteiger partial charge in [-0.15, -0.1) is 5.10 Å². The molecular weight excluding hydrogens is 337 g/mol. The smallest absolute Gasteiger partial charge is 0.225 e. The lowest BCUT2D eigenvalue weighted by molar-refractivity contribution is 0.366. The highest BCUT2D eigenvalue weighted by atomic mass is 35.5. The molecule has 0 N–H and O–H groups in total. The summed E-state index contributed by atoms with van der Waals surface area (Å²) in [5, 5.41) is 9.42. The van der Waals surface area contributed by atoms with Gasteiger partial charge in [-0.2, -0.15) is 0 Å². The van der Waals surface area contributed by atoms with E-state index in [1.807, 2.05) is 4.68 Å². The van der Waals surface area contributed by atoms with E-state index in [4.69, 9.17) is 23.2 Å². The number of halogens is 2. The first kappa shape index (κ1) is 14.6. The third kappa shape index (κ3) is 2.82. The topological polar surface area (TPSA) is 72.6 Å². The van der Waals surface area contributed by atoms with Crippen molar-refractivity contribution in [3.05, 3.63) is 34.8 Å². The summed E-state index contributed by atoms with van der Waals surface area (Å²) in [5.74, 6) is 0.713. The zero-order valence-electron chi connectivity index (χ0n) is 12.1. The van der Waals surface area contributed by atoms with Crippen molar-refractivity contribution in [2.24, 2.45) is 0 Å². The van der Waals surface area contributed by atoms with Crippen molar-refractivity contribution in [3.8, 4) is 0 Å². The zero-order chi connectivity index (χ0) is 15.8. The number of hydrogen-bond acceptors (Lipinski definition) is 6. The lowest BCUT2D eigenvalue weighted by Crippen LogP contribution is -2.36. The van der Waals surface area contributed by atoms with Crippen LogP contribution in [-0.2, 0) is 0 Å². The van der Waals surface area contributed by atoms with Crippen molar-refractivity contribution in [2.75, 3.05) is 18.0 Å². The molecular formula is C14H13Cl2N7. The minimum absolute atomic E-state index is 0.284. The molecule has 9 heteroatoms. The molecule has 118 valence electrons. The van der Waals surface area contributed by atoms with Crippen LogP contribution in [0.5, 0.6) is 0 Å². The molecule has 4 rings (SSSR count). The van der Waals surface area contributed by atoms with Crippen LogP contribution in [-0.4, -0.2) is 43.0 Å². The monoisotopic (exact) mass is 349 g/mol. The van der Waals surface area contributed by atoms with Crippen molar-refractivity contribution in [2.45, 2.75) is 18.9 Å². The Morgan fingerprint density at radius 2 is 1.74 bits per heavy atom. The molecule has 7 nitrogen and oxygen atoms in total. The van der Waals surface area contributed by atoms with Gasteiger partial charge in [-0.05, 0) is 12.8 Å². The first-order chi connectivity index (χ1) is 11.2. The molecule has 0 bridgehead atoms. The fourth-order valence-corrected chi connectivity index (χ4v) is 3.11. The summed E-state index contributed by atoms with van der Waals surface area (Å²) in [6.07, 6.45) is 6.85. The third-order valence-corrected chi connectivity index (χ3v) is 4.43. The van der Waals surface area contributed by atoms with E-state index in [2.05, 4.69) is 30.2 Å². The molecule has 1 aliphatic heterocycles. The van der Waals surface area contributed by atoms with E-state index in [1.54, 1.807) is 24.7 Å². The Morgan fingerprint density at radius 1 is 1.00 bits per heavy atom. The molecule has 0 spiro atoms. The largest absolute Gasteiger partial charge is 0.341 e. The van der Waals surface area contributed by atoms with Crippen molar-refractivity contribution in [3.63, 3.8) is 0 Å². The summed E-state index contributed by atoms with van der Waals surface area (Å²) in [7, 11) is 0. The summed E-state index contributed by atoms with van der Waals surface area (Å²) in [6.45, 7) is 1.71. The lowest BCUT2D eigenvalue weighted by Gasteiger charge is -2.31. The molecule has 0 unspecified atom stereocenters. The first-order valence-corrected chi connectivity index (χ1v) is 8.05. The Balaban J connectivity index is 1.51. The van der Waals surface area contributed by atoms with Crippen molar-refractivity contribution in [1.82, 2.24) is 29.9 Å². The maximum absolute atomic E-state index is 5.89. The molecule has 0 saturated carbocycles. The van der Waals surface area contributed by atoms with Crippen LogP contribution < -0.4 is 4.90 Å². The Morgan fingerprint density at radius 3 is 2.48 bits per heavy atom. The molecule has 0 atom stereocenters. The van der Waals surface area contributed by atoms with Gasteiger partial charge >= 0.3 is 0 Å². The summed E-state index contributed by atoms with van der Waals surface area (Å²) in [5.41, 5.74) is 1.68. The number of anilines is 1. The van der Waals surface area contributed by atoms with Gasteiger partial charge in [-0.1, -0.05) is 28.4 Å². The van der Waals surface area contributed by atoms with E-state index in [9.17, 15) is 0 Å². The molecule has 3 aromatic rings. The van der Waals surface area contributed by atoms with Gasteiger partial charge in [0.15, 0.2) is 0 Å². The van der Waals surface area contributed by atoms with E-state index in [-0.39, 0.29) is 6.04 Å². The van der Waals surface area contributed by atoms with Gasteiger partial charge in [-0.3, -0.25) is 0 Å². The maximum Gasteiger partial charge on any atom is 0.225 e. The Kier molecular flexibility index (Phi) is 3.74. The number of piperidine rings is 1. The zero-order valence-corrected chi connectivity index (χ0v) is 13.6. The number of nitrogens with zero attached hydrogens (tertiary/aromatic N) is 7. The average molecular weight is 350 g/mol. The number of hydrogen-bond donors (Lipinski definition) is 0. The van der Waals surface area contributed by atoms with Crippen LogP contribution in [0.25, 0.3) is 11.0 Å². The van der Waals surface area contributed by atoms with Crippen molar-refractivity contribution < 1.29 is 0 Å². The van der Waals surface area contributed by atoms with Crippen molar-refractivity contribution >= 4 is 40.2 Å². The molecule has 1 saturated heterocycles. The van der Waals surface area contributed by atoms with Gasteiger partial charge in [0.05, 0.1) is 29.7 Å². The highest BCUT2D eigenvalue weighted by molar-refractivity contribution is 6.30. The Hall–Kier alpha value is -1.99. The highest BCUT2D eigenvalue weighted by Crippen LogP contribution is 2.27. The van der Waals surface area contributed by atoms with E-state index in [0.717, 1.165) is 37.0 Å². The quantitative estimate of drug-likeness (QED) is 0.662. The van der Waals surface area contributed by atoms with Gasteiger partial charge in [0, 0.05) is 19.2 Å². The van der Waals surface area contributed by atoms with Gasteiger partial charge < -0.3 is 4.90 Å². The van der Waals surface area contributed by atoms with Crippen molar-refractivity contribution in [1.29, 1.82) is 0 Å². The lowest BCUT2D eigenvalue weighted by atomic mass is 10.1. The molecule has 23 heavy (non-hydrogen) atoms. The highest BCUT2D eigenvalue weighted by Gasteiger charge is 2.24. The SMILES string of the molecule is Clc1cnc(N2CCC(n3nnc4cc(Cl)ncc43)CC2)nc1. The number of fused-ring (bicyclic) bond motifs is 1. The second-order valence-electron chi connectivity index (χ2n) is 5.45. The number of aromatic nitrogens is 6. The number of pyridine rings is 1. The second-order valence-corrected chi connectivity index (χ2v) is 6.27. The first-order valence-electron chi connectivity index (χ1n) is 7.29. The minimum atomic E-state index is 0.284. The summed E-state index contributed by atoms with van der Waals surface area (Å²) < 4.78 is 1.94. The van der Waals surface area contributed by atoms with Gasteiger partial charge in [0.1, 0.15) is 16.2 Å². The van der Waals surface area contributed by atoms with Gasteiger partial charge in [0.2, 0.25) is 5.95 Å². The third-order valence-electron chi connectivity index (χ3n) is 4.02. The van der Waals surface area contributed by atoms with Crippen LogP contribution in [0.4, 0.5) is 5.95 Å². The standard InChI is InChI=1S/C14H13Cl2N7/c15-9-6-18-14(19-7-9)22-3-1-10(2-4-22)23-12-8-17-13(16)5-11(12)20-21-23/h5-8,10H,1-4H2. The molecule has 4 heterocycles. The summed E-state index contributed by atoms with van der Waals surface area (Å²) in [6, 6.07) is 2.02. The molecule has 1 fully saturated rings. The average Bonchev–Trinajstić information content (AvgIpc) is 2.99. The van der Waals surface area contributed by atoms with Crippen LogP contribution >= 0.6 is 23.2 Å². The van der Waals surface area contributed by atoms with Crippen LogP contribution in [0.15, 0.2) is 24.7 Å². The molecule has 0 radical (unpaired) electrons. The molecule has 0 aliphatic carbocycles. The Labute approximate surface area is 142 Å². The van der Waals surface area contributed by atoms with E-state index >= 15 is 0 Å². The van der Waals surface area contributed by atoms with Crippen LogP contribution in [0, 0.1) is 0 Å². The summed E-state index contributed by atoms with van der Waals surface area (Å²) in [4.78, 5) is 14.8. The fourth-order valence-electron chi connectivity index (χ4n) is 2.86. The van der Waals surface area contributed by atoms with E-state index in [0.29, 0.717) is 16.1 Å². The predicted molar refractivity (Wildman–Crippen MR) is 87.9 cm³/mol.